The van der Waals surface area contributed by atoms with E-state index < -0.39 is 10.0 Å². The second kappa shape index (κ2) is 4.88. The Labute approximate surface area is 123 Å². The Morgan fingerprint density at radius 1 is 1.33 bits per heavy atom. The number of sulfonamides is 1. The van der Waals surface area contributed by atoms with Gasteiger partial charge in [0.1, 0.15) is 0 Å². The average molecular weight is 310 g/mol. The molecular weight excluding hydrogens is 292 g/mol. The van der Waals surface area contributed by atoms with Crippen LogP contribution in [0.4, 0.5) is 10.5 Å². The summed E-state index contributed by atoms with van der Waals surface area (Å²) in [5.74, 6) is 0. The number of aryl methyl sites for hydroxylation is 1. The highest BCUT2D eigenvalue weighted by Crippen LogP contribution is 2.25. The fraction of sp³-hybridized carbons (Fsp3) is 0.462. The van der Waals surface area contributed by atoms with Crippen molar-refractivity contribution in [2.45, 2.75) is 17.9 Å². The van der Waals surface area contributed by atoms with E-state index in [9.17, 15) is 13.2 Å². The second-order valence-electron chi connectivity index (χ2n) is 5.42. The van der Waals surface area contributed by atoms with Crippen LogP contribution in [0, 0.1) is 6.92 Å². The van der Waals surface area contributed by atoms with Crippen LogP contribution in [0.5, 0.6) is 0 Å². The summed E-state index contributed by atoms with van der Waals surface area (Å²) in [4.78, 5) is 13.5. The van der Waals surface area contributed by atoms with Crippen LogP contribution < -0.4 is 11.1 Å². The van der Waals surface area contributed by atoms with Gasteiger partial charge in [-0.15, -0.1) is 0 Å². The van der Waals surface area contributed by atoms with Gasteiger partial charge in [-0.1, -0.05) is 0 Å². The largest absolute Gasteiger partial charge is 0.399 e. The first kappa shape index (κ1) is 14.2. The molecule has 1 aromatic rings. The van der Waals surface area contributed by atoms with Crippen LogP contribution in [-0.2, 0) is 10.0 Å². The third-order valence-corrected chi connectivity index (χ3v) is 6.04. The molecule has 114 valence electrons. The van der Waals surface area contributed by atoms with Crippen molar-refractivity contribution in [2.24, 2.45) is 0 Å². The highest BCUT2D eigenvalue weighted by Gasteiger charge is 2.39. The number of anilines is 1. The lowest BCUT2D eigenvalue weighted by Crippen LogP contribution is -2.53. The number of carbonyl (C=O) groups excluding carboxylic acids is 1. The number of nitrogen functional groups attached to an aromatic ring is 1. The third kappa shape index (κ3) is 2.34. The lowest BCUT2D eigenvalue weighted by Gasteiger charge is -2.35. The molecule has 2 saturated heterocycles. The summed E-state index contributed by atoms with van der Waals surface area (Å²) in [5, 5.41) is 2.74. The van der Waals surface area contributed by atoms with Crippen LogP contribution in [-0.4, -0.2) is 55.9 Å². The van der Waals surface area contributed by atoms with Gasteiger partial charge in [0.25, 0.3) is 0 Å². The van der Waals surface area contributed by atoms with Crippen LogP contribution in [0.15, 0.2) is 23.1 Å². The van der Waals surface area contributed by atoms with Crippen LogP contribution >= 0.6 is 0 Å². The fourth-order valence-electron chi connectivity index (χ4n) is 2.89. The van der Waals surface area contributed by atoms with E-state index in [0.29, 0.717) is 37.4 Å². The van der Waals surface area contributed by atoms with Crippen molar-refractivity contribution in [3.8, 4) is 0 Å². The molecule has 0 saturated carbocycles. The van der Waals surface area contributed by atoms with Gasteiger partial charge in [0, 0.05) is 31.9 Å². The number of piperazine rings is 1. The number of urea groups is 1. The first-order valence-corrected chi connectivity index (χ1v) is 8.24. The topological polar surface area (TPSA) is 95.7 Å². The number of hydrogen-bond donors (Lipinski definition) is 2. The molecule has 2 heterocycles. The van der Waals surface area contributed by atoms with Gasteiger partial charge in [-0.25, -0.2) is 13.2 Å². The smallest absolute Gasteiger partial charge is 0.317 e. The summed E-state index contributed by atoms with van der Waals surface area (Å²) in [7, 11) is -3.55. The summed E-state index contributed by atoms with van der Waals surface area (Å²) >= 11 is 0. The molecule has 1 aromatic carbocycles. The van der Waals surface area contributed by atoms with E-state index >= 15 is 0 Å². The van der Waals surface area contributed by atoms with Gasteiger partial charge >= 0.3 is 6.03 Å². The molecule has 21 heavy (non-hydrogen) atoms. The molecule has 2 fully saturated rings. The summed E-state index contributed by atoms with van der Waals surface area (Å²) in [6.45, 7) is 3.29. The van der Waals surface area contributed by atoms with Gasteiger partial charge < -0.3 is 16.0 Å². The SMILES string of the molecule is Cc1cc(N)ccc1S(=O)(=O)N1CCN2C(=O)NCC2C1. The fourth-order valence-corrected chi connectivity index (χ4v) is 4.57. The summed E-state index contributed by atoms with van der Waals surface area (Å²) in [5.41, 5.74) is 6.85. The standard InChI is InChI=1S/C13H18N4O3S/c1-9-6-10(14)2-3-12(9)21(19,20)16-4-5-17-11(8-16)7-15-13(17)18/h2-3,6,11H,4-5,7-8,14H2,1H3,(H,15,18). The van der Waals surface area contributed by atoms with E-state index in [1.807, 2.05) is 0 Å². The zero-order chi connectivity index (χ0) is 15.2. The Morgan fingerprint density at radius 3 is 2.81 bits per heavy atom. The number of rotatable bonds is 2. The quantitative estimate of drug-likeness (QED) is 0.750. The van der Waals surface area contributed by atoms with Gasteiger partial charge in [0.05, 0.1) is 10.9 Å². The second-order valence-corrected chi connectivity index (χ2v) is 7.33. The van der Waals surface area contributed by atoms with Crippen molar-refractivity contribution < 1.29 is 13.2 Å². The van der Waals surface area contributed by atoms with Gasteiger partial charge in [-0.2, -0.15) is 4.31 Å². The van der Waals surface area contributed by atoms with Crippen molar-refractivity contribution in [3.05, 3.63) is 23.8 Å². The van der Waals surface area contributed by atoms with Crippen molar-refractivity contribution >= 4 is 21.7 Å². The molecule has 3 rings (SSSR count). The van der Waals surface area contributed by atoms with E-state index in [-0.39, 0.29) is 17.0 Å². The van der Waals surface area contributed by atoms with Gasteiger partial charge in [-0.05, 0) is 30.7 Å². The molecule has 0 aromatic heterocycles. The van der Waals surface area contributed by atoms with Crippen LogP contribution in [0.25, 0.3) is 0 Å². The van der Waals surface area contributed by atoms with E-state index in [0.717, 1.165) is 0 Å². The minimum absolute atomic E-state index is 0.0879. The molecule has 2 amide bonds. The molecule has 3 N–H and O–H groups in total. The minimum atomic E-state index is -3.55. The molecule has 0 aliphatic carbocycles. The number of carbonyl (C=O) groups is 1. The monoisotopic (exact) mass is 310 g/mol. The maximum atomic E-state index is 12.8. The molecule has 1 unspecified atom stereocenters. The number of nitrogens with two attached hydrogens (primary N) is 1. The zero-order valence-corrected chi connectivity index (χ0v) is 12.6. The van der Waals surface area contributed by atoms with Crippen molar-refractivity contribution in [1.29, 1.82) is 0 Å². The number of benzene rings is 1. The summed E-state index contributed by atoms with van der Waals surface area (Å²) in [6, 6.07) is 4.60. The minimum Gasteiger partial charge on any atom is -0.399 e. The first-order valence-electron chi connectivity index (χ1n) is 6.80. The Morgan fingerprint density at radius 2 is 2.10 bits per heavy atom. The highest BCUT2D eigenvalue weighted by atomic mass is 32.2. The molecule has 0 spiro atoms. The number of nitrogens with one attached hydrogen (secondary N) is 1. The van der Waals surface area contributed by atoms with Crippen molar-refractivity contribution in [3.63, 3.8) is 0 Å². The van der Waals surface area contributed by atoms with E-state index in [1.165, 1.54) is 4.31 Å². The average Bonchev–Trinajstić information content (AvgIpc) is 2.79. The van der Waals surface area contributed by atoms with E-state index in [4.69, 9.17) is 5.73 Å². The lowest BCUT2D eigenvalue weighted by molar-refractivity contribution is 0.164. The first-order chi connectivity index (χ1) is 9.89. The number of fused-ring (bicyclic) bond motifs is 1. The maximum Gasteiger partial charge on any atom is 0.317 e. The van der Waals surface area contributed by atoms with Crippen LogP contribution in [0.3, 0.4) is 0 Å². The number of amides is 2. The Hall–Kier alpha value is -1.80. The number of hydrogen-bond acceptors (Lipinski definition) is 4. The molecule has 7 nitrogen and oxygen atoms in total. The van der Waals surface area contributed by atoms with Crippen molar-refractivity contribution in [2.75, 3.05) is 31.9 Å². The predicted octanol–water partition coefficient (Wildman–Crippen LogP) is -0.0247. The third-order valence-electron chi connectivity index (χ3n) is 4.01. The molecule has 8 heteroatoms. The molecule has 0 radical (unpaired) electrons. The molecule has 2 aliphatic heterocycles. The summed E-state index contributed by atoms with van der Waals surface area (Å²) in [6.07, 6.45) is 0. The molecule has 0 bridgehead atoms. The van der Waals surface area contributed by atoms with Crippen molar-refractivity contribution in [1.82, 2.24) is 14.5 Å². The summed E-state index contributed by atoms with van der Waals surface area (Å²) < 4.78 is 27.0. The van der Waals surface area contributed by atoms with Gasteiger partial charge in [0.2, 0.25) is 10.0 Å². The molecule has 1 atom stereocenters. The normalized spacial score (nSPS) is 23.0. The molecule has 2 aliphatic rings. The Balaban J connectivity index is 1.87. The molecular formula is C13H18N4O3S. The van der Waals surface area contributed by atoms with Gasteiger partial charge in [-0.3, -0.25) is 0 Å². The Kier molecular flexibility index (Phi) is 3.29. The van der Waals surface area contributed by atoms with E-state index in [1.54, 1.807) is 30.0 Å². The number of nitrogens with zero attached hydrogens (tertiary/aromatic N) is 2. The predicted molar refractivity (Wildman–Crippen MR) is 78.2 cm³/mol. The lowest BCUT2D eigenvalue weighted by atomic mass is 10.2. The van der Waals surface area contributed by atoms with E-state index in [2.05, 4.69) is 5.32 Å². The van der Waals surface area contributed by atoms with Crippen LogP contribution in [0.2, 0.25) is 0 Å². The van der Waals surface area contributed by atoms with Crippen LogP contribution in [0.1, 0.15) is 5.56 Å². The Bertz CT molecular complexity index is 689. The maximum absolute atomic E-state index is 12.8. The van der Waals surface area contributed by atoms with Gasteiger partial charge in [0.15, 0.2) is 0 Å². The highest BCUT2D eigenvalue weighted by molar-refractivity contribution is 7.89. The zero-order valence-electron chi connectivity index (χ0n) is 11.7.